The summed E-state index contributed by atoms with van der Waals surface area (Å²) in [4.78, 5) is 36.9. The molecule has 1 saturated heterocycles. The number of thioether (sulfide) groups is 1. The second-order valence-corrected chi connectivity index (χ2v) is 9.11. The van der Waals surface area contributed by atoms with Crippen LogP contribution < -0.4 is 8.92 Å². The molecule has 9 nitrogen and oxygen atoms in total. The predicted octanol–water partition coefficient (Wildman–Crippen LogP) is 2.98. The summed E-state index contributed by atoms with van der Waals surface area (Å²) in [6.45, 7) is 1.30. The Bertz CT molecular complexity index is 1200. The third-order valence-corrected chi connectivity index (χ3v) is 6.55. The van der Waals surface area contributed by atoms with E-state index in [0.717, 1.165) is 17.6 Å². The highest BCUT2D eigenvalue weighted by Gasteiger charge is 2.37. The number of para-hydroxylation sites is 1. The number of esters is 1. The molecule has 0 N–H and O–H groups in total. The van der Waals surface area contributed by atoms with Crippen LogP contribution in [0.4, 0.5) is 4.79 Å². The van der Waals surface area contributed by atoms with Crippen molar-refractivity contribution in [2.45, 2.75) is 11.8 Å². The summed E-state index contributed by atoms with van der Waals surface area (Å²) in [7, 11) is -1.73. The first kappa shape index (κ1) is 23.4. The normalized spacial score (nSPS) is 15.2. The molecular formula is C21H19NO8S2. The highest BCUT2D eigenvalue weighted by molar-refractivity contribution is 8.18. The topological polar surface area (TPSA) is 116 Å². The van der Waals surface area contributed by atoms with E-state index in [9.17, 15) is 22.8 Å². The van der Waals surface area contributed by atoms with Crippen molar-refractivity contribution in [3.8, 4) is 11.5 Å². The van der Waals surface area contributed by atoms with E-state index in [-0.39, 0.29) is 26.9 Å². The maximum Gasteiger partial charge on any atom is 0.339 e. The molecule has 0 radical (unpaired) electrons. The van der Waals surface area contributed by atoms with Crippen molar-refractivity contribution in [1.29, 1.82) is 0 Å². The quantitative estimate of drug-likeness (QED) is 0.337. The fraction of sp³-hybridized carbons (Fsp3) is 0.190. The van der Waals surface area contributed by atoms with E-state index in [4.69, 9.17) is 8.92 Å². The number of carbonyl (C=O) groups excluding carboxylic acids is 3. The molecule has 0 atom stereocenters. The van der Waals surface area contributed by atoms with Crippen molar-refractivity contribution < 1.29 is 36.5 Å². The standard InChI is InChI=1S/C21H19NO8S2/c1-13-7-9-15(10-8-13)32(26,27)30-19-14(5-4-6-16(19)28-2)11-17-20(24)22(21(25)31-17)12-18(23)29-3/h4-11H,12H2,1-3H3/b17-11-. The molecule has 2 aromatic rings. The molecule has 2 aromatic carbocycles. The van der Waals surface area contributed by atoms with Gasteiger partial charge in [0.05, 0.1) is 19.1 Å². The molecule has 0 bridgehead atoms. The third-order valence-electron chi connectivity index (χ3n) is 4.41. The zero-order chi connectivity index (χ0) is 23.5. The molecule has 0 saturated carbocycles. The molecular weight excluding hydrogens is 458 g/mol. The molecule has 0 unspecified atom stereocenters. The van der Waals surface area contributed by atoms with Crippen LogP contribution in [0, 0.1) is 6.92 Å². The van der Waals surface area contributed by atoms with Gasteiger partial charge in [-0.3, -0.25) is 19.3 Å². The van der Waals surface area contributed by atoms with Crippen LogP contribution in [0.25, 0.3) is 6.08 Å². The monoisotopic (exact) mass is 477 g/mol. The molecule has 0 aliphatic carbocycles. The van der Waals surface area contributed by atoms with Gasteiger partial charge in [-0.1, -0.05) is 29.8 Å². The minimum atomic E-state index is -4.21. The molecule has 1 heterocycles. The highest BCUT2D eigenvalue weighted by atomic mass is 32.2. The predicted molar refractivity (Wildman–Crippen MR) is 117 cm³/mol. The van der Waals surface area contributed by atoms with Crippen molar-refractivity contribution in [2.24, 2.45) is 0 Å². The summed E-state index contributed by atoms with van der Waals surface area (Å²) < 4.78 is 40.7. The highest BCUT2D eigenvalue weighted by Crippen LogP contribution is 2.38. The number of carbonyl (C=O) groups is 3. The van der Waals surface area contributed by atoms with Crippen molar-refractivity contribution in [2.75, 3.05) is 20.8 Å². The van der Waals surface area contributed by atoms with E-state index >= 15 is 0 Å². The molecule has 0 aromatic heterocycles. The number of rotatable bonds is 7. The minimum Gasteiger partial charge on any atom is -0.493 e. The van der Waals surface area contributed by atoms with Gasteiger partial charge in [-0.2, -0.15) is 8.42 Å². The van der Waals surface area contributed by atoms with Gasteiger partial charge in [-0.15, -0.1) is 0 Å². The van der Waals surface area contributed by atoms with Gasteiger partial charge < -0.3 is 13.7 Å². The van der Waals surface area contributed by atoms with Crippen molar-refractivity contribution in [1.82, 2.24) is 4.90 Å². The molecule has 2 amide bonds. The van der Waals surface area contributed by atoms with Gasteiger partial charge in [-0.05, 0) is 43.0 Å². The SMILES string of the molecule is COC(=O)CN1C(=O)S/C(=C\c2cccc(OC)c2OS(=O)(=O)c2ccc(C)cc2)C1=O. The average molecular weight is 478 g/mol. The number of nitrogens with zero attached hydrogens (tertiary/aromatic N) is 1. The zero-order valence-corrected chi connectivity index (χ0v) is 19.0. The second-order valence-electron chi connectivity index (χ2n) is 6.57. The summed E-state index contributed by atoms with van der Waals surface area (Å²) in [5, 5.41) is -0.649. The van der Waals surface area contributed by atoms with Crippen LogP contribution in [0.15, 0.2) is 52.3 Å². The maximum atomic E-state index is 12.8. The molecule has 0 spiro atoms. The van der Waals surface area contributed by atoms with Gasteiger partial charge in [-0.25, -0.2) is 0 Å². The Morgan fingerprint density at radius 1 is 1.09 bits per heavy atom. The number of imide groups is 1. The number of methoxy groups -OCH3 is 2. The van der Waals surface area contributed by atoms with E-state index in [0.29, 0.717) is 11.8 Å². The van der Waals surface area contributed by atoms with Crippen LogP contribution in [0.1, 0.15) is 11.1 Å². The van der Waals surface area contributed by atoms with E-state index in [1.807, 2.05) is 6.92 Å². The van der Waals surface area contributed by atoms with Crippen molar-refractivity contribution in [3.05, 3.63) is 58.5 Å². The zero-order valence-electron chi connectivity index (χ0n) is 17.4. The van der Waals surface area contributed by atoms with Crippen LogP contribution in [0.5, 0.6) is 11.5 Å². The molecule has 1 aliphatic heterocycles. The first-order valence-corrected chi connectivity index (χ1v) is 11.4. The largest absolute Gasteiger partial charge is 0.493 e. The first-order chi connectivity index (χ1) is 15.2. The molecule has 1 fully saturated rings. The van der Waals surface area contributed by atoms with Gasteiger partial charge in [0.25, 0.3) is 11.1 Å². The lowest BCUT2D eigenvalue weighted by atomic mass is 10.1. The Hall–Kier alpha value is -3.31. The number of ether oxygens (including phenoxy) is 2. The lowest BCUT2D eigenvalue weighted by molar-refractivity contribution is -0.143. The van der Waals surface area contributed by atoms with Gasteiger partial charge in [0, 0.05) is 5.56 Å². The number of benzene rings is 2. The smallest absolute Gasteiger partial charge is 0.339 e. The Balaban J connectivity index is 1.99. The van der Waals surface area contributed by atoms with E-state index < -0.39 is 33.8 Å². The molecule has 32 heavy (non-hydrogen) atoms. The lowest BCUT2D eigenvalue weighted by Crippen LogP contribution is -2.34. The number of hydrogen-bond donors (Lipinski definition) is 0. The Kier molecular flexibility index (Phi) is 6.90. The lowest BCUT2D eigenvalue weighted by Gasteiger charge is -2.14. The third kappa shape index (κ3) is 4.94. The molecule has 3 rings (SSSR count). The Labute approximate surface area is 189 Å². The minimum absolute atomic E-state index is 0.00950. The second kappa shape index (κ2) is 9.45. The Morgan fingerprint density at radius 3 is 2.41 bits per heavy atom. The van der Waals surface area contributed by atoms with E-state index in [2.05, 4.69) is 4.74 Å². The maximum absolute atomic E-state index is 12.8. The van der Waals surface area contributed by atoms with Gasteiger partial charge in [0.2, 0.25) is 0 Å². The number of amides is 2. The Morgan fingerprint density at radius 2 is 1.78 bits per heavy atom. The summed E-state index contributed by atoms with van der Waals surface area (Å²) in [5.74, 6) is -1.48. The van der Waals surface area contributed by atoms with Crippen molar-refractivity contribution >= 4 is 45.1 Å². The summed E-state index contributed by atoms with van der Waals surface area (Å²) in [6, 6.07) is 10.7. The number of aryl methyl sites for hydroxylation is 1. The van der Waals surface area contributed by atoms with Crippen molar-refractivity contribution in [3.63, 3.8) is 0 Å². The van der Waals surface area contributed by atoms with Gasteiger partial charge >= 0.3 is 16.1 Å². The number of hydrogen-bond acceptors (Lipinski definition) is 9. The van der Waals surface area contributed by atoms with E-state index in [1.165, 1.54) is 37.5 Å². The van der Waals surface area contributed by atoms with Crippen LogP contribution in [0.2, 0.25) is 0 Å². The average Bonchev–Trinajstić information content (AvgIpc) is 3.02. The van der Waals surface area contributed by atoms with Crippen LogP contribution in [-0.2, 0) is 24.4 Å². The molecule has 168 valence electrons. The molecule has 1 aliphatic rings. The fourth-order valence-corrected chi connectivity index (χ4v) is 4.52. The summed E-state index contributed by atoms with van der Waals surface area (Å²) in [5.41, 5.74) is 1.08. The van der Waals surface area contributed by atoms with Crippen LogP contribution in [0.3, 0.4) is 0 Å². The van der Waals surface area contributed by atoms with Gasteiger partial charge in [0.15, 0.2) is 11.5 Å². The fourth-order valence-electron chi connectivity index (χ4n) is 2.73. The van der Waals surface area contributed by atoms with Gasteiger partial charge in [0.1, 0.15) is 11.4 Å². The summed E-state index contributed by atoms with van der Waals surface area (Å²) in [6.07, 6.45) is 1.31. The molecule has 11 heteroatoms. The van der Waals surface area contributed by atoms with Crippen LogP contribution >= 0.6 is 11.8 Å². The van der Waals surface area contributed by atoms with E-state index in [1.54, 1.807) is 18.2 Å². The van der Waals surface area contributed by atoms with Crippen LogP contribution in [-0.4, -0.2) is 51.2 Å². The summed E-state index contributed by atoms with van der Waals surface area (Å²) >= 11 is 0.612. The first-order valence-electron chi connectivity index (χ1n) is 9.16.